The standard InChI is InChI=1S/C52H35N3Si/c1-4-16-36(17-5-1)39-32-40(37-18-6-2-7-19-37)34-41(33-39)55-48-25-13-10-22-44(48)47-35-53-51(54-52(47)55)38-28-30-43(31-29-38)56(42-20-8-3-9-21-42)49-26-14-11-23-45(49)46-24-12-15-27-50(46)56/h1-35H. The molecule has 11 rings (SSSR count). The van der Waals surface area contributed by atoms with Crippen LogP contribution in [0.3, 0.4) is 0 Å². The Labute approximate surface area is 326 Å². The molecular weight excluding hydrogens is 695 g/mol. The number of benzene rings is 8. The molecular formula is C52H35N3Si. The first-order valence-electron chi connectivity index (χ1n) is 19.2. The Morgan fingerprint density at radius 2 is 0.911 bits per heavy atom. The maximum atomic E-state index is 5.40. The van der Waals surface area contributed by atoms with Crippen LogP contribution in [0.15, 0.2) is 212 Å². The van der Waals surface area contributed by atoms with Gasteiger partial charge in [-0.05, 0) is 78.4 Å². The van der Waals surface area contributed by atoms with Gasteiger partial charge in [0.1, 0.15) is 5.65 Å². The van der Waals surface area contributed by atoms with E-state index in [1.54, 1.807) is 0 Å². The summed E-state index contributed by atoms with van der Waals surface area (Å²) in [4.78, 5) is 10.4. The van der Waals surface area contributed by atoms with E-state index in [0.717, 1.165) is 44.3 Å². The summed E-state index contributed by atoms with van der Waals surface area (Å²) in [6, 6.07) is 75.0. The van der Waals surface area contributed by atoms with Crippen LogP contribution in [-0.2, 0) is 0 Å². The van der Waals surface area contributed by atoms with Gasteiger partial charge in [0.2, 0.25) is 0 Å². The Bertz CT molecular complexity index is 2960. The van der Waals surface area contributed by atoms with Crippen LogP contribution in [0.2, 0.25) is 0 Å². The van der Waals surface area contributed by atoms with Crippen molar-refractivity contribution in [3.63, 3.8) is 0 Å². The lowest BCUT2D eigenvalue weighted by molar-refractivity contribution is 1.11. The average Bonchev–Trinajstić information content (AvgIpc) is 3.78. The maximum absolute atomic E-state index is 5.40. The SMILES string of the molecule is c1ccc(-c2cc(-c3ccccc3)cc(-n3c4ccccc4c4cnc(-c5ccc([Si]6(c7ccccc7)c7ccccc7-c7ccccc76)cc5)nc43)c2)cc1. The van der Waals surface area contributed by atoms with Crippen LogP contribution in [0.25, 0.3) is 72.4 Å². The van der Waals surface area contributed by atoms with Gasteiger partial charge in [-0.3, -0.25) is 4.57 Å². The molecule has 8 aromatic carbocycles. The zero-order valence-corrected chi connectivity index (χ0v) is 31.5. The van der Waals surface area contributed by atoms with E-state index in [2.05, 4.69) is 211 Å². The van der Waals surface area contributed by atoms with Crippen molar-refractivity contribution in [1.29, 1.82) is 0 Å². The molecule has 0 unspecified atom stereocenters. The predicted molar refractivity (Wildman–Crippen MR) is 235 cm³/mol. The first kappa shape index (κ1) is 32.3. The number of rotatable bonds is 6. The average molecular weight is 730 g/mol. The second-order valence-electron chi connectivity index (χ2n) is 14.6. The van der Waals surface area contributed by atoms with Crippen LogP contribution in [0.5, 0.6) is 0 Å². The summed E-state index contributed by atoms with van der Waals surface area (Å²) in [6.45, 7) is 0. The maximum Gasteiger partial charge on any atom is 0.180 e. The summed E-state index contributed by atoms with van der Waals surface area (Å²) in [6.07, 6.45) is 2.01. The fourth-order valence-corrected chi connectivity index (χ4v) is 14.2. The van der Waals surface area contributed by atoms with Gasteiger partial charge in [-0.2, -0.15) is 0 Å². The molecule has 0 bridgehead atoms. The summed E-state index contributed by atoms with van der Waals surface area (Å²) in [5.74, 6) is 0.707. The first-order chi connectivity index (χ1) is 27.8. The topological polar surface area (TPSA) is 30.7 Å². The summed E-state index contributed by atoms with van der Waals surface area (Å²) in [7, 11) is -2.58. The Morgan fingerprint density at radius 3 is 1.54 bits per heavy atom. The number of hydrogen-bond donors (Lipinski definition) is 0. The smallest absolute Gasteiger partial charge is 0.180 e. The van der Waals surface area contributed by atoms with Gasteiger partial charge in [-0.25, -0.2) is 9.97 Å². The second kappa shape index (κ2) is 13.0. The van der Waals surface area contributed by atoms with E-state index in [4.69, 9.17) is 9.97 Å². The fraction of sp³-hybridized carbons (Fsp3) is 0. The normalized spacial score (nSPS) is 12.8. The summed E-state index contributed by atoms with van der Waals surface area (Å²) in [5.41, 5.74) is 11.4. The molecule has 3 nitrogen and oxygen atoms in total. The van der Waals surface area contributed by atoms with Gasteiger partial charge < -0.3 is 0 Å². The minimum Gasteiger partial charge on any atom is -0.294 e. The van der Waals surface area contributed by atoms with Gasteiger partial charge in [-0.1, -0.05) is 182 Å². The van der Waals surface area contributed by atoms with E-state index >= 15 is 0 Å². The van der Waals surface area contributed by atoms with E-state index < -0.39 is 8.07 Å². The summed E-state index contributed by atoms with van der Waals surface area (Å²) < 4.78 is 2.31. The van der Waals surface area contributed by atoms with Crippen molar-refractivity contribution < 1.29 is 0 Å². The summed E-state index contributed by atoms with van der Waals surface area (Å²) in [5, 5.41) is 7.78. The molecule has 2 aromatic heterocycles. The molecule has 0 radical (unpaired) electrons. The highest BCUT2D eigenvalue weighted by molar-refractivity contribution is 7.22. The first-order valence-corrected chi connectivity index (χ1v) is 21.2. The molecule has 3 heterocycles. The highest BCUT2D eigenvalue weighted by Gasteiger charge is 2.48. The van der Waals surface area contributed by atoms with Gasteiger partial charge in [0.25, 0.3) is 0 Å². The van der Waals surface area contributed by atoms with Crippen molar-refractivity contribution >= 4 is 50.8 Å². The number of hydrogen-bond acceptors (Lipinski definition) is 2. The van der Waals surface area contributed by atoms with Gasteiger partial charge in [0.05, 0.1) is 5.52 Å². The lowest BCUT2D eigenvalue weighted by Crippen LogP contribution is -2.72. The summed E-state index contributed by atoms with van der Waals surface area (Å²) >= 11 is 0. The van der Waals surface area contributed by atoms with Crippen molar-refractivity contribution in [2.24, 2.45) is 0 Å². The van der Waals surface area contributed by atoms with Crippen molar-refractivity contribution in [2.45, 2.75) is 0 Å². The van der Waals surface area contributed by atoms with Gasteiger partial charge in [0.15, 0.2) is 13.9 Å². The number of fused-ring (bicyclic) bond motifs is 6. The van der Waals surface area contributed by atoms with E-state index in [1.165, 1.54) is 43.0 Å². The molecule has 0 N–H and O–H groups in total. The van der Waals surface area contributed by atoms with Gasteiger partial charge in [-0.15, -0.1) is 0 Å². The Balaban J connectivity index is 1.09. The van der Waals surface area contributed by atoms with Crippen molar-refractivity contribution in [3.05, 3.63) is 212 Å². The van der Waals surface area contributed by atoms with Crippen LogP contribution in [0, 0.1) is 0 Å². The monoisotopic (exact) mass is 729 g/mol. The quantitative estimate of drug-likeness (QED) is 0.160. The largest absolute Gasteiger partial charge is 0.294 e. The molecule has 262 valence electrons. The Hall–Kier alpha value is -7.14. The molecule has 0 atom stereocenters. The molecule has 0 saturated heterocycles. The highest BCUT2D eigenvalue weighted by Crippen LogP contribution is 2.36. The van der Waals surface area contributed by atoms with Gasteiger partial charge in [0, 0.05) is 28.2 Å². The highest BCUT2D eigenvalue weighted by atomic mass is 28.3. The zero-order valence-electron chi connectivity index (χ0n) is 30.5. The number of aromatic nitrogens is 3. The Kier molecular flexibility index (Phi) is 7.51. The van der Waals surface area contributed by atoms with Crippen LogP contribution >= 0.6 is 0 Å². The molecule has 10 aromatic rings. The number of nitrogens with zero attached hydrogens (tertiary/aromatic N) is 3. The number of para-hydroxylation sites is 1. The lowest BCUT2D eigenvalue weighted by Gasteiger charge is -2.31. The minimum absolute atomic E-state index is 0.707. The van der Waals surface area contributed by atoms with E-state index in [0.29, 0.717) is 5.82 Å². The van der Waals surface area contributed by atoms with E-state index in [-0.39, 0.29) is 0 Å². The molecule has 1 aliphatic heterocycles. The van der Waals surface area contributed by atoms with Crippen LogP contribution in [0.1, 0.15) is 0 Å². The molecule has 0 spiro atoms. The molecule has 0 fully saturated rings. The van der Waals surface area contributed by atoms with E-state index in [9.17, 15) is 0 Å². The lowest BCUT2D eigenvalue weighted by atomic mass is 9.98. The van der Waals surface area contributed by atoms with Crippen molar-refractivity contribution in [1.82, 2.24) is 14.5 Å². The third-order valence-electron chi connectivity index (χ3n) is 11.5. The molecule has 0 saturated carbocycles. The van der Waals surface area contributed by atoms with Crippen molar-refractivity contribution in [2.75, 3.05) is 0 Å². The third kappa shape index (κ3) is 4.97. The zero-order chi connectivity index (χ0) is 37.1. The molecule has 0 amide bonds. The van der Waals surface area contributed by atoms with Crippen LogP contribution in [-0.4, -0.2) is 22.6 Å². The van der Waals surface area contributed by atoms with E-state index in [1.807, 2.05) is 6.20 Å². The predicted octanol–water partition coefficient (Wildman–Crippen LogP) is 9.93. The fourth-order valence-electron chi connectivity index (χ4n) is 9.06. The molecule has 0 aliphatic carbocycles. The molecule has 4 heteroatoms. The Morgan fingerprint density at radius 1 is 0.393 bits per heavy atom. The third-order valence-corrected chi connectivity index (χ3v) is 16.4. The molecule has 56 heavy (non-hydrogen) atoms. The minimum atomic E-state index is -2.58. The van der Waals surface area contributed by atoms with Gasteiger partial charge >= 0.3 is 0 Å². The molecule has 1 aliphatic rings. The van der Waals surface area contributed by atoms with Crippen LogP contribution < -0.4 is 20.7 Å². The van der Waals surface area contributed by atoms with Crippen molar-refractivity contribution in [3.8, 4) is 50.5 Å². The second-order valence-corrected chi connectivity index (χ2v) is 18.3. The van der Waals surface area contributed by atoms with Crippen LogP contribution in [0.4, 0.5) is 0 Å².